The van der Waals surface area contributed by atoms with E-state index in [1.165, 1.54) is 98.1 Å². The number of rotatable bonds is 52. The molecule has 0 amide bonds. The Labute approximate surface area is 860 Å². The number of hydrogen-bond acceptors (Lipinski definition) is 12. The first kappa shape index (κ1) is 130. The van der Waals surface area contributed by atoms with E-state index >= 15 is 0 Å². The molecule has 0 N–H and O–H groups in total. The second kappa shape index (κ2) is 70.7. The molecular formula is C129H194O12. The van der Waals surface area contributed by atoms with E-state index in [1.54, 1.807) is 0 Å². The van der Waals surface area contributed by atoms with Gasteiger partial charge in [-0.05, 0) is 332 Å². The van der Waals surface area contributed by atoms with Gasteiger partial charge >= 0.3 is 0 Å². The van der Waals surface area contributed by atoms with Crippen LogP contribution < -0.4 is 0 Å². The lowest BCUT2D eigenvalue weighted by atomic mass is 9.75. The maximum absolute atomic E-state index is 12.9. The molecule has 6 rings (SSSR count). The minimum Gasteiger partial charge on any atom is -0.373 e. The van der Waals surface area contributed by atoms with Crippen molar-refractivity contribution in [1.82, 2.24) is 0 Å². The lowest BCUT2D eigenvalue weighted by Crippen LogP contribution is -2.22. The summed E-state index contributed by atoms with van der Waals surface area (Å²) >= 11 is 0. The summed E-state index contributed by atoms with van der Waals surface area (Å²) in [6.45, 7) is 79.1. The third-order valence-corrected chi connectivity index (χ3v) is 24.5. The number of allylic oxidation sites excluding steroid dienone is 14. The van der Waals surface area contributed by atoms with E-state index in [0.717, 1.165) is 122 Å². The quantitative estimate of drug-likeness (QED) is 0.0202. The van der Waals surface area contributed by atoms with E-state index in [9.17, 15) is 28.8 Å². The monoisotopic (exact) mass is 1940 g/mol. The second-order valence-electron chi connectivity index (χ2n) is 44.8. The molecule has 0 saturated heterocycles. The van der Waals surface area contributed by atoms with Gasteiger partial charge in [-0.2, -0.15) is 0 Å². The zero-order chi connectivity index (χ0) is 107. The Bertz CT molecular complexity index is 4780. The molecule has 0 aliphatic heterocycles. The van der Waals surface area contributed by atoms with E-state index in [-0.39, 0.29) is 95.0 Å². The number of carbonyl (C=O) groups excluding carboxylic acids is 6. The zero-order valence-electron chi connectivity index (χ0n) is 95.1. The van der Waals surface area contributed by atoms with Crippen molar-refractivity contribution in [2.75, 3.05) is 66.1 Å². The molecule has 0 aromatic heterocycles. The highest BCUT2D eigenvalue weighted by Gasteiger charge is 2.28. The maximum Gasteiger partial charge on any atom is 0.191 e. The van der Waals surface area contributed by atoms with Crippen molar-refractivity contribution >= 4 is 34.7 Å². The molecule has 0 heterocycles. The molecular weight excluding hydrogens is 1740 g/mol. The predicted octanol–water partition coefficient (Wildman–Crippen LogP) is 34.7. The van der Waals surface area contributed by atoms with Crippen molar-refractivity contribution in [1.29, 1.82) is 0 Å². The van der Waals surface area contributed by atoms with Crippen LogP contribution in [-0.4, -0.2) is 113 Å². The third kappa shape index (κ3) is 62.4. The minimum absolute atomic E-state index is 0.00227. The summed E-state index contributed by atoms with van der Waals surface area (Å²) in [5.41, 5.74) is 23.7. The summed E-state index contributed by atoms with van der Waals surface area (Å²) in [5.74, 6) is 2.87. The van der Waals surface area contributed by atoms with Gasteiger partial charge in [0.15, 0.2) is 34.7 Å². The largest absolute Gasteiger partial charge is 0.373 e. The summed E-state index contributed by atoms with van der Waals surface area (Å²) in [4.78, 5) is 73.7. The fourth-order valence-electron chi connectivity index (χ4n) is 14.8. The number of carbonyl (C=O) groups is 6. The van der Waals surface area contributed by atoms with Crippen LogP contribution in [0.5, 0.6) is 0 Å². The molecule has 782 valence electrons. The molecule has 0 bridgehead atoms. The molecule has 6 aromatic rings. The molecule has 141 heavy (non-hydrogen) atoms. The van der Waals surface area contributed by atoms with E-state index in [0.29, 0.717) is 63.3 Å². The van der Waals surface area contributed by atoms with Crippen molar-refractivity contribution in [3.63, 3.8) is 0 Å². The smallest absolute Gasteiger partial charge is 0.191 e. The molecule has 0 fully saturated rings. The number of ether oxygens (including phenoxy) is 6. The maximum atomic E-state index is 12.9. The molecule has 6 atom stereocenters. The predicted molar refractivity (Wildman–Crippen MR) is 602 cm³/mol. The number of aryl methyl sites for hydroxylation is 2. The highest BCUT2D eigenvalue weighted by Crippen LogP contribution is 2.36. The minimum atomic E-state index is -0.368. The van der Waals surface area contributed by atoms with E-state index in [1.807, 2.05) is 149 Å². The topological polar surface area (TPSA) is 158 Å². The Balaban J connectivity index is 0.000000851. The summed E-state index contributed by atoms with van der Waals surface area (Å²) in [6, 6.07) is 44.4. The lowest BCUT2D eigenvalue weighted by molar-refractivity contribution is 0.0434. The first-order valence-electron chi connectivity index (χ1n) is 52.4. The van der Waals surface area contributed by atoms with Gasteiger partial charge in [0.2, 0.25) is 0 Å². The van der Waals surface area contributed by atoms with Crippen LogP contribution in [0.4, 0.5) is 0 Å². The summed E-state index contributed by atoms with van der Waals surface area (Å²) in [7, 11) is 0. The van der Waals surface area contributed by atoms with Crippen molar-refractivity contribution in [2.24, 2.45) is 23.7 Å². The molecule has 0 spiro atoms. The van der Waals surface area contributed by atoms with Crippen LogP contribution >= 0.6 is 0 Å². The van der Waals surface area contributed by atoms with Crippen molar-refractivity contribution in [2.45, 2.75) is 379 Å². The zero-order valence-corrected chi connectivity index (χ0v) is 95.1. The molecule has 6 aromatic carbocycles. The van der Waals surface area contributed by atoms with Crippen LogP contribution in [0.15, 0.2) is 233 Å². The Morgan fingerprint density at radius 3 is 0.844 bits per heavy atom. The Hall–Kier alpha value is -8.98. The van der Waals surface area contributed by atoms with Crippen molar-refractivity contribution in [3.05, 3.63) is 305 Å². The first-order chi connectivity index (χ1) is 66.0. The van der Waals surface area contributed by atoms with Gasteiger partial charge in [0.25, 0.3) is 0 Å². The summed E-state index contributed by atoms with van der Waals surface area (Å²) < 4.78 is 33.8. The summed E-state index contributed by atoms with van der Waals surface area (Å²) in [5, 5.41) is 0. The van der Waals surface area contributed by atoms with Gasteiger partial charge in [-0.1, -0.05) is 330 Å². The molecule has 0 aliphatic carbocycles. The Morgan fingerprint density at radius 1 is 0.277 bits per heavy atom. The van der Waals surface area contributed by atoms with Gasteiger partial charge in [-0.3, -0.25) is 28.8 Å². The van der Waals surface area contributed by atoms with Gasteiger partial charge in [0.05, 0.1) is 13.2 Å². The van der Waals surface area contributed by atoms with Gasteiger partial charge in [0.1, 0.15) is 38.6 Å². The summed E-state index contributed by atoms with van der Waals surface area (Å²) in [6.07, 6.45) is 34.5. The van der Waals surface area contributed by atoms with Gasteiger partial charge in [0, 0.05) is 59.8 Å². The van der Waals surface area contributed by atoms with Gasteiger partial charge in [-0.15, -0.1) is 0 Å². The Morgan fingerprint density at radius 2 is 0.539 bits per heavy atom. The average Bonchev–Trinajstić information content (AvgIpc) is 0.777. The van der Waals surface area contributed by atoms with E-state index < -0.39 is 0 Å². The number of benzene rings is 6. The van der Waals surface area contributed by atoms with Crippen molar-refractivity contribution < 1.29 is 57.2 Å². The average molecular weight is 1940 g/mol. The van der Waals surface area contributed by atoms with E-state index in [2.05, 4.69) is 281 Å². The molecule has 0 saturated carbocycles. The van der Waals surface area contributed by atoms with Crippen LogP contribution in [0.2, 0.25) is 0 Å². The molecule has 12 heteroatoms. The SMILES string of the molecule is CC(C)=CCC/C(C)=C/COCC(=O)c1cc(C(C)(C)C)c(C)c(C(C)(C)C)c1.CC(C)=CCC/C(C)=C/COCC(=O)c1cc(C(C)(C)C)cc(C(C)(C)C)c1.CC(C)=CCC[C@H](C)CCOC(C)C(=O)c1ccc(C)cc1.CC(C)=CCC[C@H](C)CCOC(C)C(=O)c1ccccc1.CC(C)=CCC[C@H](C)CCOCC(=O)c1ccc(C)cc1.CC(C)=CCC[C@H](C)CCOCC(=O)c1ccccc1. The lowest BCUT2D eigenvalue weighted by Gasteiger charge is -2.29. The Kier molecular flexibility index (Phi) is 65.2. The number of hydrogen-bond donors (Lipinski definition) is 0. The number of ketones is 6. The fraction of sp³-hybridized carbons (Fsp3) is 0.550. The molecule has 2 unspecified atom stereocenters. The fourth-order valence-corrected chi connectivity index (χ4v) is 14.8. The highest BCUT2D eigenvalue weighted by molar-refractivity contribution is 6.01. The van der Waals surface area contributed by atoms with Crippen molar-refractivity contribution in [3.8, 4) is 0 Å². The number of Topliss-reactive ketones (excluding diaryl/α,β-unsaturated/α-hetero) is 6. The standard InChI is InChI=1S/C27H42O2.C26H40O2.C20H30O2.2C19H28O2.C18H26O2/c1-19(2)12-11-13-20(3)14-15-29-18-25(28)22-16-23(26(5,6)7)21(4)24(17-22)27(8,9)10;1-19(2)11-10-12-20(3)13-14-28-18-24(27)21-15-22(25(4,5)6)17-23(16-21)26(7,8)9;1-15(2)7-6-8-16(3)13-14-22-18(5)20(21)19-11-9-17(4)10-12-19;1-15(2)6-5-7-16(3)12-13-21-14-19(20)18-10-8-17(4)9-11-18;1-15(2)9-8-10-16(3)13-14-21-17(4)19(20)18-11-6-5-7-12-18;1-15(2)8-7-9-16(3)12-13-20-14-18(19)17-10-5-4-6-11-17/h12,14,16-17H,11,13,15,18H2,1-10H3;11,13,15-17H,10,12,14,18H2,1-9H3;7,9-12,16,18H,6,8,13-14H2,1-5H3;6,8-11,16H,5,7,12-14H2,1-4H3;5-7,9,11-12,16-17H,8,10,13-14H2,1-4H3;4-6,8,10-11,16H,7,9,12-14H2,1-3H3/b20-14+;20-13+;;;;/t;;16-,18?;16-;16-,17?;16-/m..0000/s1. The van der Waals surface area contributed by atoms with Crippen LogP contribution in [0, 0.1) is 44.4 Å². The van der Waals surface area contributed by atoms with E-state index in [4.69, 9.17) is 28.4 Å². The van der Waals surface area contributed by atoms with Gasteiger partial charge < -0.3 is 28.4 Å². The highest BCUT2D eigenvalue weighted by atomic mass is 16.5. The molecule has 12 nitrogen and oxygen atoms in total. The molecule has 0 radical (unpaired) electrons. The third-order valence-electron chi connectivity index (χ3n) is 24.5. The van der Waals surface area contributed by atoms with Crippen LogP contribution in [0.3, 0.4) is 0 Å². The second-order valence-corrected chi connectivity index (χ2v) is 44.8. The van der Waals surface area contributed by atoms with Crippen LogP contribution in [0.1, 0.15) is 425 Å². The van der Waals surface area contributed by atoms with Crippen LogP contribution in [0.25, 0.3) is 0 Å². The normalized spacial score (nSPS) is 12.8. The molecule has 0 aliphatic rings. The first-order valence-corrected chi connectivity index (χ1v) is 52.4. The van der Waals surface area contributed by atoms with Gasteiger partial charge in [-0.25, -0.2) is 0 Å². The van der Waals surface area contributed by atoms with Crippen LogP contribution in [-0.2, 0) is 50.1 Å².